The molecule has 0 aromatic heterocycles. The lowest BCUT2D eigenvalue weighted by atomic mass is 10.2. The van der Waals surface area contributed by atoms with Crippen LogP contribution < -0.4 is 4.74 Å². The van der Waals surface area contributed by atoms with Crippen LogP contribution in [0.25, 0.3) is 0 Å². The molecule has 0 atom stereocenters. The molecule has 0 heterocycles. The molecule has 1 N–H and O–H groups in total. The van der Waals surface area contributed by atoms with E-state index in [4.69, 9.17) is 9.84 Å². The molecular weight excluding hydrogens is 212 g/mol. The summed E-state index contributed by atoms with van der Waals surface area (Å²) in [5.41, 5.74) is 0.232. The molecule has 0 fully saturated rings. The van der Waals surface area contributed by atoms with Crippen LogP contribution in [0.4, 0.5) is 0 Å². The summed E-state index contributed by atoms with van der Waals surface area (Å²) in [5.74, 6) is -0.462. The van der Waals surface area contributed by atoms with Crippen LogP contribution in [0.1, 0.15) is 23.7 Å². The Kier molecular flexibility index (Phi) is 4.49. The molecule has 0 unspecified atom stereocenters. The third-order valence-corrected chi connectivity index (χ3v) is 2.64. The van der Waals surface area contributed by atoms with Gasteiger partial charge in [0.25, 0.3) is 0 Å². The lowest BCUT2D eigenvalue weighted by Gasteiger charge is -2.11. The largest absolute Gasteiger partial charge is 0.492 e. The maximum atomic E-state index is 11.0. The number of carbonyl (C=O) groups is 1. The Hall–Kier alpha value is -1.16. The molecule has 0 spiro atoms. The summed E-state index contributed by atoms with van der Waals surface area (Å²) in [5, 5.41) is 9.00. The van der Waals surface area contributed by atoms with Crippen LogP contribution in [-0.2, 0) is 0 Å². The van der Waals surface area contributed by atoms with E-state index in [1.807, 2.05) is 19.2 Å². The zero-order chi connectivity index (χ0) is 11.3. The minimum atomic E-state index is -0.947. The zero-order valence-electron chi connectivity index (χ0n) is 8.82. The number of hydrogen-bond donors (Lipinski definition) is 1. The molecule has 1 aromatic carbocycles. The number of benzene rings is 1. The summed E-state index contributed by atoms with van der Waals surface area (Å²) in [4.78, 5) is 11.8. The van der Waals surface area contributed by atoms with Gasteiger partial charge in [-0.2, -0.15) is 0 Å². The molecule has 0 bridgehead atoms. The third kappa shape index (κ3) is 2.89. The van der Waals surface area contributed by atoms with Crippen molar-refractivity contribution in [3.05, 3.63) is 23.8 Å². The van der Waals surface area contributed by atoms with Crippen LogP contribution in [0.5, 0.6) is 5.75 Å². The SMILES string of the molecule is CCCOc1c(SC)cccc1C(=O)O. The number of aromatic carboxylic acids is 1. The second-order valence-electron chi connectivity index (χ2n) is 2.99. The highest BCUT2D eigenvalue weighted by molar-refractivity contribution is 7.98. The topological polar surface area (TPSA) is 46.5 Å². The highest BCUT2D eigenvalue weighted by atomic mass is 32.2. The van der Waals surface area contributed by atoms with Crippen LogP contribution >= 0.6 is 11.8 Å². The van der Waals surface area contributed by atoms with Gasteiger partial charge < -0.3 is 9.84 Å². The van der Waals surface area contributed by atoms with Crippen molar-refractivity contribution in [3.8, 4) is 5.75 Å². The fraction of sp³-hybridized carbons (Fsp3) is 0.364. The Labute approximate surface area is 93.4 Å². The van der Waals surface area contributed by atoms with Gasteiger partial charge in [0.05, 0.1) is 6.61 Å². The van der Waals surface area contributed by atoms with Gasteiger partial charge in [0.15, 0.2) is 0 Å². The van der Waals surface area contributed by atoms with E-state index in [2.05, 4.69) is 0 Å². The number of carboxylic acid groups (broad SMARTS) is 1. The highest BCUT2D eigenvalue weighted by Crippen LogP contribution is 2.31. The first-order chi connectivity index (χ1) is 7.20. The second kappa shape index (κ2) is 5.66. The van der Waals surface area contributed by atoms with Crippen molar-refractivity contribution in [3.63, 3.8) is 0 Å². The highest BCUT2D eigenvalue weighted by Gasteiger charge is 2.14. The van der Waals surface area contributed by atoms with E-state index < -0.39 is 5.97 Å². The number of rotatable bonds is 5. The Bertz CT molecular complexity index is 350. The number of para-hydroxylation sites is 1. The molecule has 0 aliphatic rings. The number of hydrogen-bond acceptors (Lipinski definition) is 3. The van der Waals surface area contributed by atoms with Crippen LogP contribution in [0.15, 0.2) is 23.1 Å². The quantitative estimate of drug-likeness (QED) is 0.784. The maximum absolute atomic E-state index is 11.0. The van der Waals surface area contributed by atoms with E-state index in [0.717, 1.165) is 11.3 Å². The first-order valence-corrected chi connectivity index (χ1v) is 5.96. The average Bonchev–Trinajstić information content (AvgIpc) is 2.25. The van der Waals surface area contributed by atoms with Gasteiger partial charge in [-0.25, -0.2) is 4.79 Å². The molecule has 15 heavy (non-hydrogen) atoms. The number of ether oxygens (including phenoxy) is 1. The van der Waals surface area contributed by atoms with E-state index in [-0.39, 0.29) is 5.56 Å². The van der Waals surface area contributed by atoms with E-state index >= 15 is 0 Å². The molecule has 3 nitrogen and oxygen atoms in total. The second-order valence-corrected chi connectivity index (χ2v) is 3.84. The molecule has 0 aliphatic heterocycles. The van der Waals surface area contributed by atoms with Gasteiger partial charge in [-0.15, -0.1) is 11.8 Å². The molecule has 0 saturated heterocycles. The van der Waals surface area contributed by atoms with Crippen molar-refractivity contribution in [2.45, 2.75) is 18.2 Å². The Morgan fingerprint density at radius 3 is 2.80 bits per heavy atom. The summed E-state index contributed by atoms with van der Waals surface area (Å²) >= 11 is 1.49. The molecule has 1 aromatic rings. The molecule has 82 valence electrons. The van der Waals surface area contributed by atoms with E-state index in [0.29, 0.717) is 12.4 Å². The van der Waals surface area contributed by atoms with Gasteiger partial charge in [0.1, 0.15) is 11.3 Å². The van der Waals surface area contributed by atoms with Crippen molar-refractivity contribution in [2.24, 2.45) is 0 Å². The Balaban J connectivity index is 3.08. The lowest BCUT2D eigenvalue weighted by molar-refractivity contribution is 0.0691. The van der Waals surface area contributed by atoms with E-state index in [1.165, 1.54) is 11.8 Å². The standard InChI is InChI=1S/C11H14O3S/c1-3-7-14-10-8(11(12)13)5-4-6-9(10)15-2/h4-6H,3,7H2,1-2H3,(H,12,13). The van der Waals surface area contributed by atoms with Gasteiger partial charge >= 0.3 is 5.97 Å². The van der Waals surface area contributed by atoms with Crippen LogP contribution in [0.3, 0.4) is 0 Å². The van der Waals surface area contributed by atoms with Crippen LogP contribution in [0, 0.1) is 0 Å². The fourth-order valence-electron chi connectivity index (χ4n) is 1.20. The number of thioether (sulfide) groups is 1. The molecule has 0 radical (unpaired) electrons. The van der Waals surface area contributed by atoms with Crippen molar-refractivity contribution >= 4 is 17.7 Å². The van der Waals surface area contributed by atoms with Crippen molar-refractivity contribution in [1.82, 2.24) is 0 Å². The zero-order valence-corrected chi connectivity index (χ0v) is 9.63. The predicted molar refractivity (Wildman–Crippen MR) is 61.0 cm³/mol. The summed E-state index contributed by atoms with van der Waals surface area (Å²) in [6, 6.07) is 5.16. The number of carboxylic acids is 1. The molecule has 1 rings (SSSR count). The summed E-state index contributed by atoms with van der Waals surface area (Å²) in [7, 11) is 0. The molecular formula is C11H14O3S. The van der Waals surface area contributed by atoms with Gasteiger partial charge in [-0.05, 0) is 24.8 Å². The average molecular weight is 226 g/mol. The first-order valence-electron chi connectivity index (χ1n) is 4.73. The van der Waals surface area contributed by atoms with Gasteiger partial charge in [0, 0.05) is 4.90 Å². The molecule has 4 heteroatoms. The van der Waals surface area contributed by atoms with Gasteiger partial charge in [0.2, 0.25) is 0 Å². The van der Waals surface area contributed by atoms with E-state index in [9.17, 15) is 4.79 Å². The van der Waals surface area contributed by atoms with E-state index in [1.54, 1.807) is 12.1 Å². The predicted octanol–water partition coefficient (Wildman–Crippen LogP) is 2.90. The Morgan fingerprint density at radius 2 is 2.27 bits per heavy atom. The summed E-state index contributed by atoms with van der Waals surface area (Å²) < 4.78 is 5.47. The first kappa shape index (κ1) is 11.9. The maximum Gasteiger partial charge on any atom is 0.339 e. The third-order valence-electron chi connectivity index (χ3n) is 1.88. The smallest absolute Gasteiger partial charge is 0.339 e. The minimum Gasteiger partial charge on any atom is -0.492 e. The van der Waals surface area contributed by atoms with Crippen LogP contribution in [0.2, 0.25) is 0 Å². The molecule has 0 saturated carbocycles. The summed E-state index contributed by atoms with van der Waals surface area (Å²) in [6.45, 7) is 2.53. The Morgan fingerprint density at radius 1 is 1.53 bits per heavy atom. The van der Waals surface area contributed by atoms with Crippen molar-refractivity contribution in [1.29, 1.82) is 0 Å². The van der Waals surface area contributed by atoms with Crippen molar-refractivity contribution < 1.29 is 14.6 Å². The molecule has 0 aliphatic carbocycles. The van der Waals surface area contributed by atoms with Crippen molar-refractivity contribution in [2.75, 3.05) is 12.9 Å². The molecule has 0 amide bonds. The lowest BCUT2D eigenvalue weighted by Crippen LogP contribution is -2.04. The summed E-state index contributed by atoms with van der Waals surface area (Å²) in [6.07, 6.45) is 2.77. The normalized spacial score (nSPS) is 10.0. The van der Waals surface area contributed by atoms with Gasteiger partial charge in [-0.3, -0.25) is 0 Å². The van der Waals surface area contributed by atoms with Gasteiger partial charge in [-0.1, -0.05) is 13.0 Å². The monoisotopic (exact) mass is 226 g/mol. The minimum absolute atomic E-state index is 0.232. The fourth-order valence-corrected chi connectivity index (χ4v) is 1.77. The van der Waals surface area contributed by atoms with Crippen LogP contribution in [-0.4, -0.2) is 23.9 Å².